The molecule has 1 rings (SSSR count). The molecule has 0 aliphatic heterocycles. The molecule has 0 aromatic heterocycles. The first-order valence-corrected chi connectivity index (χ1v) is 5.99. The smallest absolute Gasteiger partial charge is 0.293 e. The lowest BCUT2D eigenvalue weighted by molar-refractivity contribution is -0.237. The zero-order valence-corrected chi connectivity index (χ0v) is 11.1. The van der Waals surface area contributed by atoms with Crippen LogP contribution < -0.4 is 0 Å². The van der Waals surface area contributed by atoms with Crippen LogP contribution in [-0.4, -0.2) is 31.0 Å². The van der Waals surface area contributed by atoms with Crippen LogP contribution in [0.2, 0.25) is 0 Å². The molecule has 0 radical (unpaired) electrons. The molecule has 4 heteroatoms. The highest BCUT2D eigenvalue weighted by molar-refractivity contribution is 5.95. The lowest BCUT2D eigenvalue weighted by atomic mass is 10.2. The Morgan fingerprint density at radius 3 is 2.33 bits per heavy atom. The van der Waals surface area contributed by atoms with Crippen LogP contribution in [0.15, 0.2) is 36.1 Å². The number of nitrogens with zero attached hydrogens (tertiary/aromatic N) is 1. The molecule has 0 heterocycles. The Kier molecular flexibility index (Phi) is 5.94. The number of hydrogen-bond acceptors (Lipinski definition) is 3. The SMILES string of the molecule is CCN(CC)C(=O)C(=Cc1ccccc1)OOC. The van der Waals surface area contributed by atoms with Crippen molar-refractivity contribution in [3.05, 3.63) is 41.7 Å². The lowest BCUT2D eigenvalue weighted by Gasteiger charge is -2.19. The second-order valence-corrected chi connectivity index (χ2v) is 3.65. The first-order chi connectivity index (χ1) is 8.72. The number of hydrogen-bond donors (Lipinski definition) is 0. The van der Waals surface area contributed by atoms with E-state index >= 15 is 0 Å². The minimum atomic E-state index is -0.175. The molecule has 98 valence electrons. The quantitative estimate of drug-likeness (QED) is 0.336. The molecule has 4 nitrogen and oxygen atoms in total. The van der Waals surface area contributed by atoms with Crippen LogP contribution in [0, 0.1) is 0 Å². The summed E-state index contributed by atoms with van der Waals surface area (Å²) in [5.41, 5.74) is 0.894. The summed E-state index contributed by atoms with van der Waals surface area (Å²) in [7, 11) is 1.38. The fourth-order valence-corrected chi connectivity index (χ4v) is 1.58. The molecule has 0 saturated heterocycles. The molecule has 0 fully saturated rings. The summed E-state index contributed by atoms with van der Waals surface area (Å²) in [6, 6.07) is 9.51. The Bertz CT molecular complexity index is 397. The highest BCUT2D eigenvalue weighted by atomic mass is 17.2. The molecule has 1 amide bonds. The molecule has 0 N–H and O–H groups in total. The Morgan fingerprint density at radius 2 is 1.83 bits per heavy atom. The van der Waals surface area contributed by atoms with Crippen LogP contribution in [0.25, 0.3) is 6.08 Å². The van der Waals surface area contributed by atoms with Crippen molar-refractivity contribution in [3.8, 4) is 0 Å². The van der Waals surface area contributed by atoms with Gasteiger partial charge in [0.15, 0.2) is 0 Å². The molecular formula is C14H19NO3. The predicted molar refractivity (Wildman–Crippen MR) is 70.4 cm³/mol. The van der Waals surface area contributed by atoms with Crippen LogP contribution in [-0.2, 0) is 14.6 Å². The van der Waals surface area contributed by atoms with E-state index in [4.69, 9.17) is 4.89 Å². The van der Waals surface area contributed by atoms with Crippen LogP contribution >= 0.6 is 0 Å². The largest absolute Gasteiger partial charge is 0.336 e. The number of carbonyl (C=O) groups excluding carboxylic acids is 1. The fraction of sp³-hybridized carbons (Fsp3) is 0.357. The maximum Gasteiger partial charge on any atom is 0.293 e. The van der Waals surface area contributed by atoms with E-state index in [9.17, 15) is 4.79 Å². The van der Waals surface area contributed by atoms with Crippen LogP contribution in [0.4, 0.5) is 0 Å². The summed E-state index contributed by atoms with van der Waals surface area (Å²) < 4.78 is 0. The molecule has 1 aromatic carbocycles. The summed E-state index contributed by atoms with van der Waals surface area (Å²) in [5.74, 6) is 0.0121. The topological polar surface area (TPSA) is 38.8 Å². The van der Waals surface area contributed by atoms with E-state index in [0.29, 0.717) is 13.1 Å². The van der Waals surface area contributed by atoms with Crippen LogP contribution in [0.3, 0.4) is 0 Å². The van der Waals surface area contributed by atoms with Crippen molar-refractivity contribution in [2.45, 2.75) is 13.8 Å². The molecule has 0 aliphatic rings. The van der Waals surface area contributed by atoms with Gasteiger partial charge in [0.25, 0.3) is 5.91 Å². The maximum absolute atomic E-state index is 12.2. The zero-order chi connectivity index (χ0) is 13.4. The molecule has 0 unspecified atom stereocenters. The van der Waals surface area contributed by atoms with Crippen molar-refractivity contribution in [2.75, 3.05) is 20.2 Å². The molecule has 1 aromatic rings. The van der Waals surface area contributed by atoms with Crippen molar-refractivity contribution in [2.24, 2.45) is 0 Å². The van der Waals surface area contributed by atoms with E-state index in [1.54, 1.807) is 11.0 Å². The van der Waals surface area contributed by atoms with Gasteiger partial charge >= 0.3 is 0 Å². The number of benzene rings is 1. The summed E-state index contributed by atoms with van der Waals surface area (Å²) in [6.07, 6.45) is 1.67. The predicted octanol–water partition coefficient (Wildman–Crippen LogP) is 2.47. The molecule has 0 bridgehead atoms. The highest BCUT2D eigenvalue weighted by Crippen LogP contribution is 2.11. The Hall–Kier alpha value is -1.81. The molecule has 0 atom stereocenters. The van der Waals surface area contributed by atoms with Crippen LogP contribution in [0.5, 0.6) is 0 Å². The number of amides is 1. The van der Waals surface area contributed by atoms with Crippen LogP contribution in [0.1, 0.15) is 19.4 Å². The first-order valence-electron chi connectivity index (χ1n) is 5.99. The average molecular weight is 249 g/mol. The molecular weight excluding hydrogens is 230 g/mol. The third-order valence-corrected chi connectivity index (χ3v) is 2.53. The van der Waals surface area contributed by atoms with Gasteiger partial charge in [0, 0.05) is 13.1 Å². The summed E-state index contributed by atoms with van der Waals surface area (Å²) >= 11 is 0. The van der Waals surface area contributed by atoms with Crippen molar-refractivity contribution in [3.63, 3.8) is 0 Å². The van der Waals surface area contributed by atoms with Gasteiger partial charge in [-0.2, -0.15) is 4.89 Å². The minimum Gasteiger partial charge on any atom is -0.336 e. The average Bonchev–Trinajstić information content (AvgIpc) is 2.40. The number of likely N-dealkylation sites (N-methyl/N-ethyl adjacent to an activating group) is 1. The Labute approximate surface area is 108 Å². The van der Waals surface area contributed by atoms with Gasteiger partial charge in [0.05, 0.1) is 7.11 Å². The van der Waals surface area contributed by atoms with E-state index in [1.165, 1.54) is 7.11 Å². The van der Waals surface area contributed by atoms with E-state index in [1.807, 2.05) is 44.2 Å². The fourth-order valence-electron chi connectivity index (χ4n) is 1.58. The van der Waals surface area contributed by atoms with E-state index in [2.05, 4.69) is 4.89 Å². The van der Waals surface area contributed by atoms with Gasteiger partial charge in [-0.05, 0) is 25.5 Å². The molecule has 18 heavy (non-hydrogen) atoms. The molecule has 0 spiro atoms. The normalized spacial score (nSPS) is 11.2. The van der Waals surface area contributed by atoms with Gasteiger partial charge in [-0.3, -0.25) is 4.79 Å². The Balaban J connectivity index is 2.95. The van der Waals surface area contributed by atoms with E-state index < -0.39 is 0 Å². The van der Waals surface area contributed by atoms with Gasteiger partial charge in [-0.1, -0.05) is 30.3 Å². The van der Waals surface area contributed by atoms with Crippen molar-refractivity contribution >= 4 is 12.0 Å². The number of rotatable bonds is 6. The van der Waals surface area contributed by atoms with Crippen molar-refractivity contribution in [1.29, 1.82) is 0 Å². The summed E-state index contributed by atoms with van der Waals surface area (Å²) in [6.45, 7) is 5.12. The maximum atomic E-state index is 12.2. The minimum absolute atomic E-state index is 0.175. The summed E-state index contributed by atoms with van der Waals surface area (Å²) in [5, 5.41) is 0. The van der Waals surface area contributed by atoms with Crippen molar-refractivity contribution < 1.29 is 14.6 Å². The van der Waals surface area contributed by atoms with E-state index in [0.717, 1.165) is 5.56 Å². The molecule has 0 aliphatic carbocycles. The van der Waals surface area contributed by atoms with E-state index in [-0.39, 0.29) is 11.7 Å². The van der Waals surface area contributed by atoms with Gasteiger partial charge in [0.2, 0.25) is 5.76 Å². The Morgan fingerprint density at radius 1 is 1.22 bits per heavy atom. The van der Waals surface area contributed by atoms with Gasteiger partial charge in [-0.25, -0.2) is 0 Å². The van der Waals surface area contributed by atoms with Gasteiger partial charge < -0.3 is 9.79 Å². The monoisotopic (exact) mass is 249 g/mol. The highest BCUT2D eigenvalue weighted by Gasteiger charge is 2.18. The zero-order valence-electron chi connectivity index (χ0n) is 11.1. The summed E-state index contributed by atoms with van der Waals surface area (Å²) in [4.78, 5) is 23.4. The van der Waals surface area contributed by atoms with Gasteiger partial charge in [0.1, 0.15) is 0 Å². The molecule has 0 saturated carbocycles. The first kappa shape index (κ1) is 14.3. The van der Waals surface area contributed by atoms with Gasteiger partial charge in [-0.15, -0.1) is 0 Å². The second-order valence-electron chi connectivity index (χ2n) is 3.65. The van der Waals surface area contributed by atoms with Crippen molar-refractivity contribution in [1.82, 2.24) is 4.90 Å². The number of carbonyl (C=O) groups is 1. The lowest BCUT2D eigenvalue weighted by Crippen LogP contribution is -2.32. The second kappa shape index (κ2) is 7.50. The third kappa shape index (κ3) is 3.89. The third-order valence-electron chi connectivity index (χ3n) is 2.53. The standard InChI is InChI=1S/C14H19NO3/c1-4-15(5-2)14(16)13(18-17-3)11-12-9-7-6-8-10-12/h6-11H,4-5H2,1-3H3.